The number of rotatable bonds is 4. The molecule has 20 heavy (non-hydrogen) atoms. The molecule has 1 aromatic carbocycles. The number of nitrogen functional groups attached to an aromatic ring is 1. The quantitative estimate of drug-likeness (QED) is 0.447. The number of benzene rings is 1. The van der Waals surface area contributed by atoms with Crippen molar-refractivity contribution in [2.24, 2.45) is 0 Å². The molecule has 0 radical (unpaired) electrons. The van der Waals surface area contributed by atoms with E-state index in [9.17, 15) is 14.9 Å². The van der Waals surface area contributed by atoms with Gasteiger partial charge in [-0.15, -0.1) is 0 Å². The maximum absolute atomic E-state index is 11.9. The van der Waals surface area contributed by atoms with Crippen LogP contribution in [0.5, 0.6) is 0 Å². The van der Waals surface area contributed by atoms with Crippen molar-refractivity contribution in [3.63, 3.8) is 0 Å². The average Bonchev–Trinajstić information content (AvgIpc) is 2.91. The standard InChI is InChI=1S/C11H10ClN5O3/c12-7-3-6(4-8(10(7)13)17(19)20)11(18)16-5-9-14-1-2-15-9/h1-4H,5,13H2,(H,14,15)(H,16,18). The SMILES string of the molecule is Nc1c(Cl)cc(C(=O)NCc2ncc[nH]2)cc1[N+](=O)[O-]. The second kappa shape index (κ2) is 5.57. The number of hydrogen-bond donors (Lipinski definition) is 3. The Hall–Kier alpha value is -2.61. The number of nitro groups is 1. The zero-order valence-corrected chi connectivity index (χ0v) is 10.8. The van der Waals surface area contributed by atoms with Gasteiger partial charge in [-0.05, 0) is 6.07 Å². The highest BCUT2D eigenvalue weighted by Gasteiger charge is 2.19. The molecule has 0 aliphatic heterocycles. The molecule has 0 spiro atoms. The maximum atomic E-state index is 11.9. The molecule has 4 N–H and O–H groups in total. The predicted molar refractivity (Wildman–Crippen MR) is 72.3 cm³/mol. The van der Waals surface area contributed by atoms with E-state index < -0.39 is 16.5 Å². The third kappa shape index (κ3) is 2.86. The summed E-state index contributed by atoms with van der Waals surface area (Å²) in [4.78, 5) is 28.8. The molecular formula is C11H10ClN5O3. The minimum absolute atomic E-state index is 0.0395. The predicted octanol–water partition coefficient (Wildman–Crippen LogP) is 1.48. The lowest BCUT2D eigenvalue weighted by Gasteiger charge is -2.06. The van der Waals surface area contributed by atoms with Gasteiger partial charge in [0.05, 0.1) is 16.5 Å². The van der Waals surface area contributed by atoms with Gasteiger partial charge in [0.25, 0.3) is 11.6 Å². The monoisotopic (exact) mass is 295 g/mol. The molecule has 0 bridgehead atoms. The smallest absolute Gasteiger partial charge is 0.294 e. The maximum Gasteiger partial charge on any atom is 0.294 e. The Morgan fingerprint density at radius 1 is 1.55 bits per heavy atom. The lowest BCUT2D eigenvalue weighted by atomic mass is 10.1. The van der Waals surface area contributed by atoms with Gasteiger partial charge >= 0.3 is 0 Å². The molecule has 1 amide bonds. The lowest BCUT2D eigenvalue weighted by molar-refractivity contribution is -0.383. The van der Waals surface area contributed by atoms with Crippen molar-refractivity contribution in [1.29, 1.82) is 0 Å². The minimum atomic E-state index is -0.690. The first-order chi connectivity index (χ1) is 9.49. The van der Waals surface area contributed by atoms with Crippen molar-refractivity contribution >= 4 is 28.9 Å². The Kier molecular flexibility index (Phi) is 3.85. The summed E-state index contributed by atoms with van der Waals surface area (Å²) < 4.78 is 0. The van der Waals surface area contributed by atoms with E-state index in [0.29, 0.717) is 5.82 Å². The highest BCUT2D eigenvalue weighted by atomic mass is 35.5. The van der Waals surface area contributed by atoms with E-state index in [2.05, 4.69) is 15.3 Å². The van der Waals surface area contributed by atoms with E-state index in [4.69, 9.17) is 17.3 Å². The summed E-state index contributed by atoms with van der Waals surface area (Å²) in [7, 11) is 0. The van der Waals surface area contributed by atoms with Crippen molar-refractivity contribution < 1.29 is 9.72 Å². The first kappa shape index (κ1) is 13.8. The third-order valence-electron chi connectivity index (χ3n) is 2.54. The van der Waals surface area contributed by atoms with Crippen LogP contribution < -0.4 is 11.1 Å². The zero-order chi connectivity index (χ0) is 14.7. The Morgan fingerprint density at radius 2 is 2.30 bits per heavy atom. The number of carbonyl (C=O) groups excluding carboxylic acids is 1. The molecule has 0 aliphatic carbocycles. The van der Waals surface area contributed by atoms with Crippen LogP contribution in [-0.2, 0) is 6.54 Å². The highest BCUT2D eigenvalue weighted by Crippen LogP contribution is 2.30. The highest BCUT2D eigenvalue weighted by molar-refractivity contribution is 6.34. The van der Waals surface area contributed by atoms with Gasteiger partial charge in [0.1, 0.15) is 11.5 Å². The molecule has 0 saturated carbocycles. The zero-order valence-electron chi connectivity index (χ0n) is 10.1. The Balaban J connectivity index is 2.19. The van der Waals surface area contributed by atoms with Crippen LogP contribution in [0.3, 0.4) is 0 Å². The summed E-state index contributed by atoms with van der Waals surface area (Å²) in [6, 6.07) is 2.36. The largest absolute Gasteiger partial charge is 0.392 e. The van der Waals surface area contributed by atoms with Gasteiger partial charge in [0.2, 0.25) is 0 Å². The fraction of sp³-hybridized carbons (Fsp3) is 0.0909. The molecule has 0 fully saturated rings. The van der Waals surface area contributed by atoms with E-state index in [1.165, 1.54) is 6.07 Å². The number of nitrogens with zero attached hydrogens (tertiary/aromatic N) is 2. The van der Waals surface area contributed by atoms with Crippen LogP contribution in [-0.4, -0.2) is 20.8 Å². The van der Waals surface area contributed by atoms with Gasteiger partial charge < -0.3 is 16.0 Å². The molecule has 8 nitrogen and oxygen atoms in total. The number of nitrogens with two attached hydrogens (primary N) is 1. The molecule has 2 aromatic rings. The number of amides is 1. The molecule has 0 unspecified atom stereocenters. The van der Waals surface area contributed by atoms with E-state index >= 15 is 0 Å². The molecule has 0 atom stereocenters. The molecule has 9 heteroatoms. The molecule has 0 saturated heterocycles. The molecule has 1 aromatic heterocycles. The van der Waals surface area contributed by atoms with Crippen molar-refractivity contribution in [2.45, 2.75) is 6.54 Å². The number of nitrogens with one attached hydrogen (secondary N) is 2. The summed E-state index contributed by atoms with van der Waals surface area (Å²) in [6.07, 6.45) is 3.17. The number of H-pyrrole nitrogens is 1. The van der Waals surface area contributed by atoms with Crippen LogP contribution in [0.15, 0.2) is 24.5 Å². The first-order valence-corrected chi connectivity index (χ1v) is 5.86. The van der Waals surface area contributed by atoms with Crippen LogP contribution in [0.2, 0.25) is 5.02 Å². The van der Waals surface area contributed by atoms with Gasteiger partial charge in [-0.1, -0.05) is 11.6 Å². The number of aromatic nitrogens is 2. The average molecular weight is 296 g/mol. The van der Waals surface area contributed by atoms with Crippen LogP contribution in [0, 0.1) is 10.1 Å². The first-order valence-electron chi connectivity index (χ1n) is 5.49. The fourth-order valence-corrected chi connectivity index (χ4v) is 1.76. The van der Waals surface area contributed by atoms with Crippen molar-refractivity contribution in [3.8, 4) is 0 Å². The number of nitro benzene ring substituents is 1. The van der Waals surface area contributed by atoms with Crippen LogP contribution in [0.25, 0.3) is 0 Å². The lowest BCUT2D eigenvalue weighted by Crippen LogP contribution is -2.23. The summed E-state index contributed by atoms with van der Waals surface area (Å²) in [5.41, 5.74) is 4.97. The van der Waals surface area contributed by atoms with Crippen LogP contribution >= 0.6 is 11.6 Å². The van der Waals surface area contributed by atoms with Gasteiger partial charge in [-0.3, -0.25) is 14.9 Å². The number of anilines is 1. The molecule has 104 valence electrons. The molecular weight excluding hydrogens is 286 g/mol. The Bertz CT molecular complexity index is 656. The number of aromatic amines is 1. The van der Waals surface area contributed by atoms with Crippen molar-refractivity contribution in [2.75, 3.05) is 5.73 Å². The van der Waals surface area contributed by atoms with Gasteiger partial charge in [-0.2, -0.15) is 0 Å². The second-order valence-electron chi connectivity index (χ2n) is 3.87. The fourth-order valence-electron chi connectivity index (χ4n) is 1.55. The van der Waals surface area contributed by atoms with Crippen LogP contribution in [0.1, 0.15) is 16.2 Å². The van der Waals surface area contributed by atoms with E-state index in [1.54, 1.807) is 12.4 Å². The summed E-state index contributed by atoms with van der Waals surface area (Å²) in [6.45, 7) is 0.168. The molecule has 0 aliphatic rings. The van der Waals surface area contributed by atoms with Gasteiger partial charge in [-0.25, -0.2) is 4.98 Å². The second-order valence-corrected chi connectivity index (χ2v) is 4.27. The van der Waals surface area contributed by atoms with Crippen LogP contribution in [0.4, 0.5) is 11.4 Å². The minimum Gasteiger partial charge on any atom is -0.392 e. The topological polar surface area (TPSA) is 127 Å². The summed E-state index contributed by atoms with van der Waals surface area (Å²) in [5.74, 6) is 0.0563. The normalized spacial score (nSPS) is 10.2. The van der Waals surface area contributed by atoms with E-state index in [1.807, 2.05) is 0 Å². The number of halogens is 1. The third-order valence-corrected chi connectivity index (χ3v) is 2.85. The van der Waals surface area contributed by atoms with Crippen molar-refractivity contribution in [1.82, 2.24) is 15.3 Å². The Morgan fingerprint density at radius 3 is 2.90 bits per heavy atom. The Labute approximate surface area is 118 Å². The summed E-state index contributed by atoms with van der Waals surface area (Å²) in [5, 5.41) is 13.3. The van der Waals surface area contributed by atoms with Gasteiger partial charge in [0.15, 0.2) is 0 Å². The van der Waals surface area contributed by atoms with Gasteiger partial charge in [0, 0.05) is 24.0 Å². The number of hydrogen-bond acceptors (Lipinski definition) is 5. The van der Waals surface area contributed by atoms with E-state index in [-0.39, 0.29) is 22.8 Å². The van der Waals surface area contributed by atoms with Crippen molar-refractivity contribution in [3.05, 3.63) is 51.1 Å². The summed E-state index contributed by atoms with van der Waals surface area (Å²) >= 11 is 5.78. The number of imidazole rings is 1. The molecule has 1 heterocycles. The van der Waals surface area contributed by atoms with E-state index in [0.717, 1.165) is 6.07 Å². The molecule has 2 rings (SSSR count). The number of carbonyl (C=O) groups is 1.